The Morgan fingerprint density at radius 2 is 1.96 bits per heavy atom. The maximum absolute atomic E-state index is 12.4. The minimum atomic E-state index is -1.29. The molecule has 0 spiro atoms. The first-order chi connectivity index (χ1) is 10.8. The van der Waals surface area contributed by atoms with Gasteiger partial charge in [-0.05, 0) is 27.7 Å². The highest BCUT2D eigenvalue weighted by molar-refractivity contribution is 7.85. The van der Waals surface area contributed by atoms with Crippen LogP contribution in [0.2, 0.25) is 0 Å². The van der Waals surface area contributed by atoms with E-state index in [1.54, 1.807) is 6.92 Å². The van der Waals surface area contributed by atoms with Crippen molar-refractivity contribution in [2.24, 2.45) is 0 Å². The second kappa shape index (κ2) is 7.36. The summed E-state index contributed by atoms with van der Waals surface area (Å²) in [5, 5.41) is 5.13. The molecule has 124 valence electrons. The van der Waals surface area contributed by atoms with Gasteiger partial charge in [-0.25, -0.2) is 4.98 Å². The molecule has 0 fully saturated rings. The summed E-state index contributed by atoms with van der Waals surface area (Å²) in [6.07, 6.45) is 0. The Hall–Kier alpha value is -1.53. The maximum Gasteiger partial charge on any atom is 0.235 e. The Morgan fingerprint density at radius 3 is 2.57 bits per heavy atom. The molecule has 0 aliphatic heterocycles. The van der Waals surface area contributed by atoms with Crippen LogP contribution >= 0.6 is 11.3 Å². The molecule has 1 N–H and O–H groups in total. The fourth-order valence-corrected chi connectivity index (χ4v) is 3.87. The van der Waals surface area contributed by atoms with E-state index in [0.29, 0.717) is 5.75 Å². The molecule has 0 unspecified atom stereocenters. The Morgan fingerprint density at radius 1 is 1.30 bits per heavy atom. The second-order valence-electron chi connectivity index (χ2n) is 6.42. The number of hydrogen-bond donors (Lipinski definition) is 1. The summed E-state index contributed by atoms with van der Waals surface area (Å²) in [5.41, 5.74) is 1.49. The van der Waals surface area contributed by atoms with Crippen molar-refractivity contribution in [1.82, 2.24) is 10.3 Å². The van der Waals surface area contributed by atoms with Gasteiger partial charge in [0.15, 0.2) is 0 Å². The lowest BCUT2D eigenvalue weighted by Gasteiger charge is -2.22. The number of nitrogens with one attached hydrogen (secondary N) is 1. The summed E-state index contributed by atoms with van der Waals surface area (Å²) in [7, 11) is -1.29. The number of carbonyl (C=O) groups is 1. The van der Waals surface area contributed by atoms with Crippen LogP contribution in [0, 0.1) is 0 Å². The van der Waals surface area contributed by atoms with Crippen molar-refractivity contribution in [3.8, 4) is 10.6 Å². The summed E-state index contributed by atoms with van der Waals surface area (Å²) in [6, 6.07) is 9.89. The second-order valence-corrected chi connectivity index (χ2v) is 9.03. The number of benzene rings is 1. The molecule has 0 bridgehead atoms. The van der Waals surface area contributed by atoms with Crippen molar-refractivity contribution in [2.45, 2.75) is 44.2 Å². The first-order valence-corrected chi connectivity index (χ1v) is 9.71. The third kappa shape index (κ3) is 5.25. The van der Waals surface area contributed by atoms with Gasteiger partial charge in [-0.15, -0.1) is 11.3 Å². The monoisotopic (exact) mass is 350 g/mol. The lowest BCUT2D eigenvalue weighted by molar-refractivity contribution is -0.121. The van der Waals surface area contributed by atoms with Gasteiger partial charge in [0, 0.05) is 27.3 Å². The molecule has 0 radical (unpaired) electrons. The Balaban J connectivity index is 2.01. The highest BCUT2D eigenvalue weighted by atomic mass is 32.2. The molecule has 0 saturated carbocycles. The minimum absolute atomic E-state index is 0.186. The van der Waals surface area contributed by atoms with E-state index in [1.165, 1.54) is 11.3 Å². The highest BCUT2D eigenvalue weighted by Gasteiger charge is 2.24. The molecule has 0 aliphatic rings. The molecule has 23 heavy (non-hydrogen) atoms. The quantitative estimate of drug-likeness (QED) is 0.899. The van der Waals surface area contributed by atoms with Crippen molar-refractivity contribution in [3.05, 3.63) is 41.4 Å². The fraction of sp³-hybridized carbons (Fsp3) is 0.412. The van der Waals surface area contributed by atoms with Gasteiger partial charge in [0.25, 0.3) is 0 Å². The van der Waals surface area contributed by atoms with Gasteiger partial charge in [0.2, 0.25) is 5.91 Å². The third-order valence-electron chi connectivity index (χ3n) is 3.12. The summed E-state index contributed by atoms with van der Waals surface area (Å²) in [6.45, 7) is 7.43. The molecule has 2 aromatic rings. The summed E-state index contributed by atoms with van der Waals surface area (Å²) >= 11 is 1.53. The summed E-state index contributed by atoms with van der Waals surface area (Å²) < 4.78 is 12.4. The molecule has 1 amide bonds. The zero-order chi connectivity index (χ0) is 17.0. The van der Waals surface area contributed by atoms with Crippen molar-refractivity contribution in [3.63, 3.8) is 0 Å². The zero-order valence-electron chi connectivity index (χ0n) is 13.8. The standard InChI is InChI=1S/C17H22N2O2S2/c1-12(15(20)19-17(2,3)4)23(21)11-14-10-22-16(18-14)13-8-6-5-7-9-13/h5-10,12H,11H2,1-4H3,(H,19,20)/t12-,23-/m1/s1. The number of carbonyl (C=O) groups excluding carboxylic acids is 1. The van der Waals surface area contributed by atoms with Gasteiger partial charge in [-0.2, -0.15) is 0 Å². The van der Waals surface area contributed by atoms with Gasteiger partial charge in [-0.3, -0.25) is 9.00 Å². The van der Waals surface area contributed by atoms with Crippen LogP contribution in [0.15, 0.2) is 35.7 Å². The van der Waals surface area contributed by atoms with Crippen molar-refractivity contribution >= 4 is 28.0 Å². The van der Waals surface area contributed by atoms with E-state index in [0.717, 1.165) is 16.3 Å². The first-order valence-electron chi connectivity index (χ1n) is 7.45. The van der Waals surface area contributed by atoms with Gasteiger partial charge in [0.05, 0.1) is 11.4 Å². The molecule has 2 atom stereocenters. The fourth-order valence-electron chi connectivity index (χ4n) is 1.95. The average Bonchev–Trinajstić information content (AvgIpc) is 2.94. The number of hydrogen-bond acceptors (Lipinski definition) is 4. The normalized spacial score (nSPS) is 14.3. The van der Waals surface area contributed by atoms with Gasteiger partial charge >= 0.3 is 0 Å². The first kappa shape index (κ1) is 17.8. The Kier molecular flexibility index (Phi) is 5.70. The molecule has 6 heteroatoms. The number of rotatable bonds is 5. The van der Waals surface area contributed by atoms with Crippen LogP contribution in [-0.4, -0.2) is 25.9 Å². The van der Waals surface area contributed by atoms with Crippen LogP contribution in [-0.2, 0) is 21.3 Å². The van der Waals surface area contributed by atoms with Crippen LogP contribution < -0.4 is 5.32 Å². The van der Waals surface area contributed by atoms with E-state index in [-0.39, 0.29) is 11.4 Å². The number of thiazole rings is 1. The van der Waals surface area contributed by atoms with E-state index >= 15 is 0 Å². The van der Waals surface area contributed by atoms with E-state index in [9.17, 15) is 9.00 Å². The van der Waals surface area contributed by atoms with Gasteiger partial charge in [0.1, 0.15) is 10.3 Å². The van der Waals surface area contributed by atoms with Crippen LogP contribution in [0.1, 0.15) is 33.4 Å². The van der Waals surface area contributed by atoms with Crippen molar-refractivity contribution in [1.29, 1.82) is 0 Å². The predicted octanol–water partition coefficient (Wildman–Crippen LogP) is 3.36. The molecule has 0 aliphatic carbocycles. The predicted molar refractivity (Wildman–Crippen MR) is 96.8 cm³/mol. The lowest BCUT2D eigenvalue weighted by atomic mass is 10.1. The van der Waals surface area contributed by atoms with Crippen LogP contribution in [0.4, 0.5) is 0 Å². The number of amides is 1. The zero-order valence-corrected chi connectivity index (χ0v) is 15.5. The van der Waals surface area contributed by atoms with Crippen LogP contribution in [0.25, 0.3) is 10.6 Å². The van der Waals surface area contributed by atoms with Crippen molar-refractivity contribution in [2.75, 3.05) is 0 Å². The molecule has 4 nitrogen and oxygen atoms in total. The topological polar surface area (TPSA) is 59.1 Å². The highest BCUT2D eigenvalue weighted by Crippen LogP contribution is 2.24. The molecular weight excluding hydrogens is 328 g/mol. The number of nitrogens with zero attached hydrogens (tertiary/aromatic N) is 1. The van der Waals surface area contributed by atoms with Crippen molar-refractivity contribution < 1.29 is 9.00 Å². The molecular formula is C17H22N2O2S2. The summed E-state index contributed by atoms with van der Waals surface area (Å²) in [4.78, 5) is 16.6. The van der Waals surface area contributed by atoms with Crippen LogP contribution in [0.3, 0.4) is 0 Å². The largest absolute Gasteiger partial charge is 0.350 e. The molecule has 1 heterocycles. The Labute approximate surface area is 143 Å². The maximum atomic E-state index is 12.4. The third-order valence-corrected chi connectivity index (χ3v) is 5.65. The molecule has 2 rings (SSSR count). The number of aromatic nitrogens is 1. The smallest absolute Gasteiger partial charge is 0.235 e. The molecule has 1 aromatic carbocycles. The SMILES string of the molecule is C[C@H](C(=O)NC(C)(C)C)[S@](=O)Cc1csc(-c2ccccc2)n1. The molecule has 0 saturated heterocycles. The van der Waals surface area contributed by atoms with E-state index in [2.05, 4.69) is 10.3 Å². The summed E-state index contributed by atoms with van der Waals surface area (Å²) in [5.74, 6) is 0.108. The van der Waals surface area contributed by atoms with Crippen LogP contribution in [0.5, 0.6) is 0 Å². The average molecular weight is 351 g/mol. The van der Waals surface area contributed by atoms with E-state index in [4.69, 9.17) is 0 Å². The van der Waals surface area contributed by atoms with E-state index in [1.807, 2.05) is 56.5 Å². The van der Waals surface area contributed by atoms with E-state index < -0.39 is 16.0 Å². The minimum Gasteiger partial charge on any atom is -0.350 e. The van der Waals surface area contributed by atoms with Gasteiger partial charge < -0.3 is 5.32 Å². The Bertz CT molecular complexity index is 690. The van der Waals surface area contributed by atoms with Gasteiger partial charge in [-0.1, -0.05) is 30.3 Å². The molecule has 1 aromatic heterocycles. The lowest BCUT2D eigenvalue weighted by Crippen LogP contribution is -2.46.